The van der Waals surface area contributed by atoms with Gasteiger partial charge in [0.2, 0.25) is 5.91 Å². The number of alkyl carbamates (subject to hydrolysis) is 1. The van der Waals surface area contributed by atoms with Gasteiger partial charge in [0.15, 0.2) is 0 Å². The monoisotopic (exact) mass is 369 g/mol. The minimum absolute atomic E-state index is 0.158. The summed E-state index contributed by atoms with van der Waals surface area (Å²) < 4.78 is 5.13. The smallest absolute Gasteiger partial charge is 0.407 e. The maximum atomic E-state index is 12.0. The van der Waals surface area contributed by atoms with Crippen molar-refractivity contribution in [3.8, 4) is 0 Å². The maximum absolute atomic E-state index is 12.0. The van der Waals surface area contributed by atoms with Crippen LogP contribution in [0.2, 0.25) is 0 Å². The fourth-order valence-electron chi connectivity index (χ4n) is 2.50. The fraction of sp³-hybridized carbons (Fsp3) is 0.333. The molecule has 2 amide bonds. The predicted molar refractivity (Wildman–Crippen MR) is 105 cm³/mol. The number of ether oxygens (including phenoxy) is 1. The summed E-state index contributed by atoms with van der Waals surface area (Å²) in [6.45, 7) is 1.22. The molecule has 2 rings (SSSR count). The largest absolute Gasteiger partial charge is 0.445 e. The van der Waals surface area contributed by atoms with Crippen LogP contribution in [0.1, 0.15) is 30.4 Å². The van der Waals surface area contributed by atoms with E-state index in [9.17, 15) is 9.59 Å². The average molecular weight is 369 g/mol. The summed E-state index contributed by atoms with van der Waals surface area (Å²) >= 11 is 0. The van der Waals surface area contributed by atoms with Gasteiger partial charge in [0, 0.05) is 13.1 Å². The van der Waals surface area contributed by atoms with Crippen molar-refractivity contribution >= 4 is 12.0 Å². The summed E-state index contributed by atoms with van der Waals surface area (Å²) in [5, 5.41) is 5.54. The van der Waals surface area contributed by atoms with Gasteiger partial charge in [0.1, 0.15) is 6.61 Å². The number of unbranched alkanes of at least 4 members (excludes halogenated alkanes) is 1. The van der Waals surface area contributed by atoms with E-state index in [2.05, 4.69) is 10.6 Å². The maximum Gasteiger partial charge on any atom is 0.407 e. The van der Waals surface area contributed by atoms with Crippen molar-refractivity contribution in [1.29, 1.82) is 0 Å². The van der Waals surface area contributed by atoms with Crippen molar-refractivity contribution in [3.63, 3.8) is 0 Å². The highest BCUT2D eigenvalue weighted by molar-refractivity contribution is 5.81. The first kappa shape index (κ1) is 20.5. The number of carbonyl (C=O) groups is 2. The van der Waals surface area contributed by atoms with E-state index in [1.807, 2.05) is 60.7 Å². The SMILES string of the molecule is NC(CCCCNC(=O)OCc1ccccc1)C(=O)NCc1ccccc1. The van der Waals surface area contributed by atoms with Crippen LogP contribution in [0.25, 0.3) is 0 Å². The van der Waals surface area contributed by atoms with Gasteiger partial charge in [-0.05, 0) is 30.4 Å². The molecule has 144 valence electrons. The molecule has 4 N–H and O–H groups in total. The van der Waals surface area contributed by atoms with Crippen LogP contribution in [0.4, 0.5) is 4.79 Å². The highest BCUT2D eigenvalue weighted by Gasteiger charge is 2.12. The van der Waals surface area contributed by atoms with Crippen molar-refractivity contribution in [2.24, 2.45) is 5.73 Å². The zero-order valence-corrected chi connectivity index (χ0v) is 15.4. The lowest BCUT2D eigenvalue weighted by Crippen LogP contribution is -2.40. The third-order valence-electron chi connectivity index (χ3n) is 4.07. The summed E-state index contributed by atoms with van der Waals surface area (Å²) in [5.41, 5.74) is 7.89. The standard InChI is InChI=1S/C21H27N3O3/c22-19(20(25)24-15-17-9-3-1-4-10-17)13-7-8-14-23-21(26)27-16-18-11-5-2-6-12-18/h1-6,9-12,19H,7-8,13-16,22H2,(H,23,26)(H,24,25). The Kier molecular flexibility index (Phi) is 8.86. The molecule has 0 heterocycles. The van der Waals surface area contributed by atoms with Crippen LogP contribution in [0.3, 0.4) is 0 Å². The van der Waals surface area contributed by atoms with Crippen LogP contribution in [0.5, 0.6) is 0 Å². The molecule has 0 fully saturated rings. The highest BCUT2D eigenvalue weighted by atomic mass is 16.5. The van der Waals surface area contributed by atoms with E-state index in [4.69, 9.17) is 10.5 Å². The van der Waals surface area contributed by atoms with E-state index in [1.54, 1.807) is 0 Å². The Bertz CT molecular complexity index is 692. The summed E-state index contributed by atoms with van der Waals surface area (Å²) in [5.74, 6) is -0.158. The molecule has 0 spiro atoms. The minimum Gasteiger partial charge on any atom is -0.445 e. The number of hydrogen-bond donors (Lipinski definition) is 3. The second-order valence-corrected chi connectivity index (χ2v) is 6.29. The van der Waals surface area contributed by atoms with Gasteiger partial charge in [0.05, 0.1) is 6.04 Å². The molecule has 0 aromatic heterocycles. The number of benzene rings is 2. The molecule has 0 aliphatic rings. The summed E-state index contributed by atoms with van der Waals surface area (Å²) in [4.78, 5) is 23.6. The Morgan fingerprint density at radius 3 is 2.19 bits per heavy atom. The van der Waals surface area contributed by atoms with Crippen molar-refractivity contribution in [1.82, 2.24) is 10.6 Å². The molecule has 6 nitrogen and oxygen atoms in total. The lowest BCUT2D eigenvalue weighted by atomic mass is 10.1. The molecule has 0 aliphatic heterocycles. The molecule has 2 aromatic carbocycles. The second kappa shape index (κ2) is 11.7. The van der Waals surface area contributed by atoms with Crippen molar-refractivity contribution in [3.05, 3.63) is 71.8 Å². The van der Waals surface area contributed by atoms with Gasteiger partial charge < -0.3 is 21.1 Å². The van der Waals surface area contributed by atoms with Crippen molar-refractivity contribution in [2.75, 3.05) is 6.54 Å². The number of carbonyl (C=O) groups excluding carboxylic acids is 2. The normalized spacial score (nSPS) is 11.4. The van der Waals surface area contributed by atoms with E-state index >= 15 is 0 Å². The first-order valence-electron chi connectivity index (χ1n) is 9.17. The van der Waals surface area contributed by atoms with Crippen LogP contribution in [0, 0.1) is 0 Å². The highest BCUT2D eigenvalue weighted by Crippen LogP contribution is 2.02. The third kappa shape index (κ3) is 8.37. The molecule has 0 saturated carbocycles. The quantitative estimate of drug-likeness (QED) is 0.561. The molecule has 0 saturated heterocycles. The first-order chi connectivity index (χ1) is 13.1. The molecule has 0 radical (unpaired) electrons. The number of rotatable bonds is 10. The Morgan fingerprint density at radius 2 is 1.52 bits per heavy atom. The summed E-state index contributed by atoms with van der Waals surface area (Å²) in [7, 11) is 0. The van der Waals surface area contributed by atoms with E-state index < -0.39 is 12.1 Å². The number of nitrogens with one attached hydrogen (secondary N) is 2. The molecule has 1 atom stereocenters. The van der Waals surface area contributed by atoms with Gasteiger partial charge in [0.25, 0.3) is 0 Å². The zero-order chi connectivity index (χ0) is 19.3. The van der Waals surface area contributed by atoms with E-state index in [1.165, 1.54) is 0 Å². The van der Waals surface area contributed by atoms with Crippen LogP contribution in [-0.4, -0.2) is 24.6 Å². The number of amides is 2. The van der Waals surface area contributed by atoms with Crippen LogP contribution in [-0.2, 0) is 22.7 Å². The summed E-state index contributed by atoms with van der Waals surface area (Å²) in [6.07, 6.45) is 1.61. The van der Waals surface area contributed by atoms with Crippen LogP contribution >= 0.6 is 0 Å². The molecule has 1 unspecified atom stereocenters. The Morgan fingerprint density at radius 1 is 0.889 bits per heavy atom. The van der Waals surface area contributed by atoms with E-state index in [-0.39, 0.29) is 12.5 Å². The number of hydrogen-bond acceptors (Lipinski definition) is 4. The zero-order valence-electron chi connectivity index (χ0n) is 15.4. The minimum atomic E-state index is -0.543. The molecular formula is C21H27N3O3. The predicted octanol–water partition coefficient (Wildman–Crippen LogP) is 2.73. The molecule has 27 heavy (non-hydrogen) atoms. The first-order valence-corrected chi connectivity index (χ1v) is 9.17. The van der Waals surface area contributed by atoms with Gasteiger partial charge in [-0.1, -0.05) is 60.7 Å². The summed E-state index contributed by atoms with van der Waals surface area (Å²) in [6, 6.07) is 18.7. The molecule has 0 aliphatic carbocycles. The fourth-order valence-corrected chi connectivity index (χ4v) is 2.50. The van der Waals surface area contributed by atoms with E-state index in [0.717, 1.165) is 24.0 Å². The van der Waals surface area contributed by atoms with Gasteiger partial charge in [-0.15, -0.1) is 0 Å². The Hall–Kier alpha value is -2.86. The van der Waals surface area contributed by atoms with E-state index in [0.29, 0.717) is 19.5 Å². The Balaban J connectivity index is 1.51. The van der Waals surface area contributed by atoms with Gasteiger partial charge in [-0.3, -0.25) is 4.79 Å². The Labute approximate surface area is 160 Å². The van der Waals surface area contributed by atoms with Crippen LogP contribution < -0.4 is 16.4 Å². The van der Waals surface area contributed by atoms with Crippen LogP contribution in [0.15, 0.2) is 60.7 Å². The lowest BCUT2D eigenvalue weighted by molar-refractivity contribution is -0.122. The van der Waals surface area contributed by atoms with Gasteiger partial charge in [-0.2, -0.15) is 0 Å². The molecule has 0 bridgehead atoms. The molecule has 2 aromatic rings. The lowest BCUT2D eigenvalue weighted by Gasteiger charge is -2.12. The molecule has 6 heteroatoms. The van der Waals surface area contributed by atoms with Crippen molar-refractivity contribution < 1.29 is 14.3 Å². The van der Waals surface area contributed by atoms with Gasteiger partial charge >= 0.3 is 6.09 Å². The number of nitrogens with two attached hydrogens (primary N) is 1. The van der Waals surface area contributed by atoms with Crippen molar-refractivity contribution in [2.45, 2.75) is 38.5 Å². The average Bonchev–Trinajstić information content (AvgIpc) is 2.71. The second-order valence-electron chi connectivity index (χ2n) is 6.29. The third-order valence-corrected chi connectivity index (χ3v) is 4.07. The topological polar surface area (TPSA) is 93.4 Å². The molecular weight excluding hydrogens is 342 g/mol. The van der Waals surface area contributed by atoms with Gasteiger partial charge in [-0.25, -0.2) is 4.79 Å².